The predicted octanol–water partition coefficient (Wildman–Crippen LogP) is 12.4. The Kier molecular flexibility index (Phi) is 8.10. The largest absolute Gasteiger partial charge is 0.0654 e. The van der Waals surface area contributed by atoms with Gasteiger partial charge in [0.1, 0.15) is 0 Å². The van der Waals surface area contributed by atoms with Crippen LogP contribution in [-0.4, -0.2) is 0 Å². The Morgan fingerprint density at radius 2 is 1.05 bits per heavy atom. The van der Waals surface area contributed by atoms with Crippen molar-refractivity contribution >= 4 is 59.0 Å². The first-order chi connectivity index (χ1) is 18.0. The minimum atomic E-state index is 0.606. The van der Waals surface area contributed by atoms with E-state index < -0.39 is 0 Å². The second-order valence-corrected chi connectivity index (χ2v) is 12.2. The van der Waals surface area contributed by atoms with E-state index in [1.165, 1.54) is 122 Å². The summed E-state index contributed by atoms with van der Waals surface area (Å²) in [7, 11) is 0. The van der Waals surface area contributed by atoms with E-state index in [0.717, 1.165) is 0 Å². The van der Waals surface area contributed by atoms with Crippen LogP contribution in [0.5, 0.6) is 0 Å². The van der Waals surface area contributed by atoms with E-state index in [0.29, 0.717) is 11.8 Å². The fourth-order valence-electron chi connectivity index (χ4n) is 6.85. The van der Waals surface area contributed by atoms with Gasteiger partial charge in [0.25, 0.3) is 0 Å². The van der Waals surface area contributed by atoms with Crippen LogP contribution in [0.1, 0.15) is 115 Å². The zero-order chi connectivity index (χ0) is 26.1. The molecule has 0 saturated heterocycles. The van der Waals surface area contributed by atoms with Gasteiger partial charge in [0.05, 0.1) is 0 Å². The van der Waals surface area contributed by atoms with Crippen LogP contribution in [0.4, 0.5) is 0 Å². The third-order valence-corrected chi connectivity index (χ3v) is 9.44. The van der Waals surface area contributed by atoms with Gasteiger partial charge in [0.2, 0.25) is 0 Å². The molecule has 0 N–H and O–H groups in total. The van der Waals surface area contributed by atoms with Crippen molar-refractivity contribution in [2.45, 2.75) is 104 Å². The molecule has 0 unspecified atom stereocenters. The maximum Gasteiger partial charge on any atom is 0.0187 e. The van der Waals surface area contributed by atoms with Crippen LogP contribution >= 0.6 is 15.9 Å². The maximum absolute atomic E-state index is 3.88. The van der Waals surface area contributed by atoms with Gasteiger partial charge in [0.15, 0.2) is 0 Å². The Morgan fingerprint density at radius 1 is 0.541 bits per heavy atom. The fraction of sp³-hybridized carbons (Fsp3) is 0.444. The first-order valence-corrected chi connectivity index (χ1v) is 15.7. The molecular formula is C36H43Br. The molecule has 0 radical (unpaired) electrons. The standard InChI is InChI=1S/C36H43Br/c1-6-11-12-13-14-23-15-28-17-26(24(7-2)8-3)21-33-34-22-30(37)19-29-18-27(25(9-4)10-5)20-32(36(29)34)31(16-23)35(28)33/h15-22,24-25H,6-14H2,1-5H3. The van der Waals surface area contributed by atoms with Crippen molar-refractivity contribution < 1.29 is 0 Å². The van der Waals surface area contributed by atoms with Crippen molar-refractivity contribution in [3.05, 3.63) is 69.7 Å². The molecule has 194 valence electrons. The zero-order valence-electron chi connectivity index (χ0n) is 23.5. The van der Waals surface area contributed by atoms with Crippen molar-refractivity contribution in [3.63, 3.8) is 0 Å². The van der Waals surface area contributed by atoms with E-state index in [-0.39, 0.29) is 0 Å². The molecule has 5 aromatic carbocycles. The molecule has 0 atom stereocenters. The normalized spacial score (nSPS) is 12.4. The van der Waals surface area contributed by atoms with Crippen LogP contribution in [0.3, 0.4) is 0 Å². The maximum atomic E-state index is 3.88. The summed E-state index contributed by atoms with van der Waals surface area (Å²) in [6.07, 6.45) is 11.2. The molecule has 0 aliphatic carbocycles. The number of fused-ring (bicyclic) bond motifs is 2. The molecule has 1 heteroatoms. The lowest BCUT2D eigenvalue weighted by molar-refractivity contribution is 0.643. The molecule has 0 nitrogen and oxygen atoms in total. The molecule has 0 saturated carbocycles. The van der Waals surface area contributed by atoms with Gasteiger partial charge in [0, 0.05) is 4.47 Å². The highest BCUT2D eigenvalue weighted by Gasteiger charge is 2.19. The first-order valence-electron chi connectivity index (χ1n) is 14.9. The van der Waals surface area contributed by atoms with E-state index in [1.54, 1.807) is 0 Å². The van der Waals surface area contributed by atoms with Gasteiger partial charge in [-0.05, 0) is 122 Å². The summed E-state index contributed by atoms with van der Waals surface area (Å²) in [6.45, 7) is 11.6. The molecule has 0 aliphatic rings. The summed E-state index contributed by atoms with van der Waals surface area (Å²) in [4.78, 5) is 0. The average molecular weight is 556 g/mol. The molecule has 0 fully saturated rings. The number of hydrogen-bond donors (Lipinski definition) is 0. The van der Waals surface area contributed by atoms with Crippen molar-refractivity contribution in [1.82, 2.24) is 0 Å². The van der Waals surface area contributed by atoms with Crippen molar-refractivity contribution in [3.8, 4) is 0 Å². The summed E-state index contributed by atoms with van der Waals surface area (Å²) in [6, 6.07) is 19.9. The summed E-state index contributed by atoms with van der Waals surface area (Å²) in [5, 5.41) is 11.5. The fourth-order valence-corrected chi connectivity index (χ4v) is 7.32. The summed E-state index contributed by atoms with van der Waals surface area (Å²) in [5.74, 6) is 1.22. The smallest absolute Gasteiger partial charge is 0.0187 e. The van der Waals surface area contributed by atoms with Crippen molar-refractivity contribution in [1.29, 1.82) is 0 Å². The molecular weight excluding hydrogens is 512 g/mol. The second kappa shape index (κ2) is 11.3. The molecule has 0 heterocycles. The number of aryl methyl sites for hydroxylation is 1. The van der Waals surface area contributed by atoms with Gasteiger partial charge >= 0.3 is 0 Å². The van der Waals surface area contributed by atoms with Gasteiger partial charge in [-0.2, -0.15) is 0 Å². The number of hydrogen-bond acceptors (Lipinski definition) is 0. The molecule has 0 amide bonds. The van der Waals surface area contributed by atoms with Crippen LogP contribution in [0.25, 0.3) is 43.1 Å². The van der Waals surface area contributed by atoms with E-state index in [1.807, 2.05) is 0 Å². The van der Waals surface area contributed by atoms with Gasteiger partial charge in [-0.15, -0.1) is 0 Å². The molecule has 0 aromatic heterocycles. The summed E-state index contributed by atoms with van der Waals surface area (Å²) in [5.41, 5.74) is 4.51. The van der Waals surface area contributed by atoms with E-state index >= 15 is 0 Å². The Morgan fingerprint density at radius 3 is 1.59 bits per heavy atom. The third-order valence-electron chi connectivity index (χ3n) is 8.98. The van der Waals surface area contributed by atoms with Crippen molar-refractivity contribution in [2.75, 3.05) is 0 Å². The highest BCUT2D eigenvalue weighted by atomic mass is 79.9. The molecule has 5 rings (SSSR count). The lowest BCUT2D eigenvalue weighted by atomic mass is 9.82. The SMILES string of the molecule is CCCCCCc1cc2cc(C(CC)CC)cc3c4cc(Br)cc5cc(C(CC)CC)cc(c(c1)c23)c54. The van der Waals surface area contributed by atoms with Gasteiger partial charge in [-0.1, -0.05) is 106 Å². The number of halogens is 1. The monoisotopic (exact) mass is 554 g/mol. The van der Waals surface area contributed by atoms with E-state index in [9.17, 15) is 0 Å². The average Bonchev–Trinajstić information content (AvgIpc) is 2.90. The topological polar surface area (TPSA) is 0 Å². The van der Waals surface area contributed by atoms with Gasteiger partial charge in [-0.3, -0.25) is 0 Å². The summed E-state index contributed by atoms with van der Waals surface area (Å²) < 4.78 is 1.18. The minimum Gasteiger partial charge on any atom is -0.0654 e. The number of rotatable bonds is 11. The molecule has 37 heavy (non-hydrogen) atoms. The third kappa shape index (κ3) is 4.89. The van der Waals surface area contributed by atoms with Crippen LogP contribution in [0.2, 0.25) is 0 Å². The predicted molar refractivity (Wildman–Crippen MR) is 170 cm³/mol. The van der Waals surface area contributed by atoms with Crippen LogP contribution < -0.4 is 0 Å². The van der Waals surface area contributed by atoms with Gasteiger partial charge in [-0.25, -0.2) is 0 Å². The molecule has 0 spiro atoms. The van der Waals surface area contributed by atoms with Crippen LogP contribution in [0.15, 0.2) is 53.0 Å². The number of benzene rings is 5. The Bertz CT molecular complexity index is 1520. The molecule has 0 aliphatic heterocycles. The Labute approximate surface area is 232 Å². The number of unbranched alkanes of at least 4 members (excludes halogenated alkanes) is 3. The first kappa shape index (κ1) is 26.5. The second-order valence-electron chi connectivity index (χ2n) is 11.3. The summed E-state index contributed by atoms with van der Waals surface area (Å²) >= 11 is 3.88. The highest BCUT2D eigenvalue weighted by molar-refractivity contribution is 9.10. The molecule has 0 bridgehead atoms. The zero-order valence-corrected chi connectivity index (χ0v) is 25.1. The van der Waals surface area contributed by atoms with Crippen LogP contribution in [0, 0.1) is 0 Å². The highest BCUT2D eigenvalue weighted by Crippen LogP contribution is 2.45. The van der Waals surface area contributed by atoms with Gasteiger partial charge < -0.3 is 0 Å². The quantitative estimate of drug-likeness (QED) is 0.0864. The lowest BCUT2D eigenvalue weighted by Gasteiger charge is -2.22. The van der Waals surface area contributed by atoms with Crippen LogP contribution in [-0.2, 0) is 6.42 Å². The Hall–Kier alpha value is -2.12. The Balaban J connectivity index is 1.89. The van der Waals surface area contributed by atoms with E-state index in [4.69, 9.17) is 0 Å². The van der Waals surface area contributed by atoms with E-state index in [2.05, 4.69) is 99.1 Å². The minimum absolute atomic E-state index is 0.606. The van der Waals surface area contributed by atoms with Crippen molar-refractivity contribution in [2.24, 2.45) is 0 Å². The molecule has 5 aromatic rings. The lowest BCUT2D eigenvalue weighted by Crippen LogP contribution is -1.99.